The van der Waals surface area contributed by atoms with Gasteiger partial charge < -0.3 is 5.32 Å². The molecule has 0 amide bonds. The van der Waals surface area contributed by atoms with E-state index in [1.165, 1.54) is 0 Å². The molecule has 1 aromatic carbocycles. The summed E-state index contributed by atoms with van der Waals surface area (Å²) in [6.07, 6.45) is 9.31. The average molecular weight is 261 g/mol. The van der Waals surface area contributed by atoms with Crippen molar-refractivity contribution in [1.29, 1.82) is 0 Å². The Hall–Kier alpha value is -2.95. The van der Waals surface area contributed by atoms with Crippen LogP contribution in [-0.2, 0) is 0 Å². The summed E-state index contributed by atoms with van der Waals surface area (Å²) in [6.45, 7) is 0. The van der Waals surface area contributed by atoms with E-state index < -0.39 is 0 Å². The second-order valence-electron chi connectivity index (χ2n) is 4.46. The Morgan fingerprint density at radius 2 is 2.00 bits per heavy atom. The molecule has 2 aromatic rings. The minimum Gasteiger partial charge on any atom is -0.358 e. The smallest absolute Gasteiger partial charge is 0.179 e. The van der Waals surface area contributed by atoms with E-state index in [0.29, 0.717) is 0 Å². The zero-order chi connectivity index (χ0) is 13.4. The molecule has 2 aliphatic heterocycles. The SMILES string of the molecule is C1=CNC2=C(c3ccccc3)N=Cc3nncn3C2=C1. The molecule has 0 saturated heterocycles. The van der Waals surface area contributed by atoms with Gasteiger partial charge >= 0.3 is 0 Å². The minimum atomic E-state index is 0.719. The third kappa shape index (κ3) is 1.60. The molecule has 5 heteroatoms. The summed E-state index contributed by atoms with van der Waals surface area (Å²) in [4.78, 5) is 4.59. The number of hydrogen-bond donors (Lipinski definition) is 1. The number of dihydropyridines is 1. The number of allylic oxidation sites excluding steroid dienone is 3. The van der Waals surface area contributed by atoms with E-state index in [2.05, 4.69) is 20.5 Å². The monoisotopic (exact) mass is 261 g/mol. The van der Waals surface area contributed by atoms with Crippen molar-refractivity contribution in [3.63, 3.8) is 0 Å². The average Bonchev–Trinajstić information content (AvgIpc) is 2.92. The maximum atomic E-state index is 4.59. The van der Waals surface area contributed by atoms with Crippen LogP contribution >= 0.6 is 0 Å². The van der Waals surface area contributed by atoms with Crippen LogP contribution in [0.2, 0.25) is 0 Å². The van der Waals surface area contributed by atoms with Crippen LogP contribution in [0.1, 0.15) is 11.4 Å². The van der Waals surface area contributed by atoms with Gasteiger partial charge in [-0.2, -0.15) is 0 Å². The first-order chi connectivity index (χ1) is 9.93. The molecule has 0 spiro atoms. The highest BCUT2D eigenvalue weighted by Gasteiger charge is 2.20. The van der Waals surface area contributed by atoms with Gasteiger partial charge in [-0.05, 0) is 12.2 Å². The Morgan fingerprint density at radius 3 is 2.90 bits per heavy atom. The molecule has 0 aliphatic carbocycles. The van der Waals surface area contributed by atoms with E-state index in [9.17, 15) is 0 Å². The zero-order valence-electron chi connectivity index (χ0n) is 10.6. The van der Waals surface area contributed by atoms with Crippen LogP contribution in [0.4, 0.5) is 0 Å². The number of aliphatic imine (C=N–C) groups is 1. The number of nitrogens with zero attached hydrogens (tertiary/aromatic N) is 4. The molecule has 0 atom stereocenters. The van der Waals surface area contributed by atoms with Gasteiger partial charge in [0.1, 0.15) is 6.33 Å². The lowest BCUT2D eigenvalue weighted by Gasteiger charge is -2.17. The fraction of sp³-hybridized carbons (Fsp3) is 0. The number of fused-ring (bicyclic) bond motifs is 3. The van der Waals surface area contributed by atoms with Crippen LogP contribution in [0.25, 0.3) is 11.4 Å². The standard InChI is InChI=1S/C15H11N5/c1-2-5-11(6-3-1)14-15-12(7-4-8-16-15)20-10-18-19-13(20)9-17-14/h1-10,16H. The van der Waals surface area contributed by atoms with Crippen LogP contribution in [0.15, 0.2) is 65.7 Å². The number of benzene rings is 1. The van der Waals surface area contributed by atoms with Crippen molar-refractivity contribution in [3.05, 3.63) is 72.1 Å². The van der Waals surface area contributed by atoms with Gasteiger partial charge in [-0.15, -0.1) is 10.2 Å². The Kier molecular flexibility index (Phi) is 2.35. The predicted octanol–water partition coefficient (Wildman–Crippen LogP) is 2.04. The molecule has 0 unspecified atom stereocenters. The maximum absolute atomic E-state index is 4.59. The summed E-state index contributed by atoms with van der Waals surface area (Å²) in [5.74, 6) is 0.719. The largest absolute Gasteiger partial charge is 0.358 e. The van der Waals surface area contributed by atoms with Crippen molar-refractivity contribution in [1.82, 2.24) is 20.1 Å². The first-order valence-corrected chi connectivity index (χ1v) is 6.31. The van der Waals surface area contributed by atoms with Gasteiger partial charge in [0, 0.05) is 11.8 Å². The van der Waals surface area contributed by atoms with Crippen LogP contribution in [0, 0.1) is 0 Å². The first kappa shape index (κ1) is 10.9. The van der Waals surface area contributed by atoms with E-state index >= 15 is 0 Å². The zero-order valence-corrected chi connectivity index (χ0v) is 10.6. The van der Waals surface area contributed by atoms with Crippen LogP contribution in [-0.4, -0.2) is 21.0 Å². The summed E-state index contributed by atoms with van der Waals surface area (Å²) in [6, 6.07) is 10.1. The Balaban J connectivity index is 1.98. The maximum Gasteiger partial charge on any atom is 0.179 e. The molecule has 4 rings (SSSR count). The highest BCUT2D eigenvalue weighted by Crippen LogP contribution is 2.29. The molecule has 0 fully saturated rings. The molecule has 0 bridgehead atoms. The molecule has 5 nitrogen and oxygen atoms in total. The molecule has 20 heavy (non-hydrogen) atoms. The number of aromatic nitrogens is 3. The molecule has 2 aliphatic rings. The van der Waals surface area contributed by atoms with E-state index in [1.807, 2.05) is 53.3 Å². The summed E-state index contributed by atoms with van der Waals surface area (Å²) in [5.41, 5.74) is 3.90. The lowest BCUT2D eigenvalue weighted by atomic mass is 10.1. The molecule has 0 radical (unpaired) electrons. The van der Waals surface area contributed by atoms with Crippen molar-refractivity contribution in [3.8, 4) is 0 Å². The van der Waals surface area contributed by atoms with E-state index in [-0.39, 0.29) is 0 Å². The van der Waals surface area contributed by atoms with Gasteiger partial charge in [0.2, 0.25) is 0 Å². The van der Waals surface area contributed by atoms with E-state index in [4.69, 9.17) is 0 Å². The van der Waals surface area contributed by atoms with Gasteiger partial charge in [-0.1, -0.05) is 30.3 Å². The highest BCUT2D eigenvalue weighted by molar-refractivity contribution is 5.92. The van der Waals surface area contributed by atoms with Crippen molar-refractivity contribution in [2.24, 2.45) is 4.99 Å². The van der Waals surface area contributed by atoms with Gasteiger partial charge in [-0.25, -0.2) is 0 Å². The van der Waals surface area contributed by atoms with Crippen LogP contribution < -0.4 is 5.32 Å². The lowest BCUT2D eigenvalue weighted by molar-refractivity contribution is 1.000. The lowest BCUT2D eigenvalue weighted by Crippen LogP contribution is -2.15. The van der Waals surface area contributed by atoms with Crippen molar-refractivity contribution in [2.75, 3.05) is 0 Å². The third-order valence-electron chi connectivity index (χ3n) is 3.26. The molecule has 0 saturated carbocycles. The topological polar surface area (TPSA) is 55.1 Å². The predicted molar refractivity (Wildman–Crippen MR) is 77.5 cm³/mol. The second kappa shape index (κ2) is 4.31. The van der Waals surface area contributed by atoms with E-state index in [1.54, 1.807) is 12.5 Å². The number of hydrogen-bond acceptors (Lipinski definition) is 4. The van der Waals surface area contributed by atoms with Gasteiger partial charge in [0.15, 0.2) is 5.82 Å². The molecular weight excluding hydrogens is 250 g/mol. The second-order valence-corrected chi connectivity index (χ2v) is 4.46. The summed E-state index contributed by atoms with van der Waals surface area (Å²) in [5, 5.41) is 11.3. The first-order valence-electron chi connectivity index (χ1n) is 6.31. The third-order valence-corrected chi connectivity index (χ3v) is 3.26. The van der Waals surface area contributed by atoms with Gasteiger partial charge in [0.05, 0.1) is 23.3 Å². The van der Waals surface area contributed by atoms with Gasteiger partial charge in [-0.3, -0.25) is 9.56 Å². The van der Waals surface area contributed by atoms with Crippen molar-refractivity contribution in [2.45, 2.75) is 0 Å². The fourth-order valence-corrected chi connectivity index (χ4v) is 2.34. The summed E-state index contributed by atoms with van der Waals surface area (Å²) >= 11 is 0. The fourth-order valence-electron chi connectivity index (χ4n) is 2.34. The molecule has 1 aromatic heterocycles. The van der Waals surface area contributed by atoms with Crippen LogP contribution in [0.3, 0.4) is 0 Å². The highest BCUT2D eigenvalue weighted by atomic mass is 15.3. The quantitative estimate of drug-likeness (QED) is 0.854. The normalized spacial score (nSPS) is 16.1. The molecule has 3 heterocycles. The van der Waals surface area contributed by atoms with Crippen LogP contribution in [0.5, 0.6) is 0 Å². The number of rotatable bonds is 1. The molecule has 96 valence electrons. The Bertz CT molecular complexity index is 778. The van der Waals surface area contributed by atoms with Crippen molar-refractivity contribution < 1.29 is 0 Å². The minimum absolute atomic E-state index is 0.719. The molecular formula is C15H11N5. The van der Waals surface area contributed by atoms with E-state index in [0.717, 1.165) is 28.5 Å². The van der Waals surface area contributed by atoms with Crippen molar-refractivity contribution >= 4 is 17.6 Å². The van der Waals surface area contributed by atoms with Gasteiger partial charge in [0.25, 0.3) is 0 Å². The Morgan fingerprint density at radius 1 is 1.10 bits per heavy atom. The Labute approximate surface area is 115 Å². The summed E-state index contributed by atoms with van der Waals surface area (Å²) < 4.78 is 1.92. The number of nitrogens with one attached hydrogen (secondary N) is 1. The molecule has 1 N–H and O–H groups in total. The summed E-state index contributed by atoms with van der Waals surface area (Å²) in [7, 11) is 0.